The van der Waals surface area contributed by atoms with E-state index in [9.17, 15) is 9.90 Å². The van der Waals surface area contributed by atoms with Gasteiger partial charge >= 0.3 is 5.97 Å². The molecule has 0 aliphatic carbocycles. The minimum atomic E-state index is -0.918. The SMILES string of the molecule is CCc1c(-c2cccc3[nH]ccc23)[nH]c(C(=O)O)c1Cc1ccccc1. The second-order valence-corrected chi connectivity index (χ2v) is 6.40. The van der Waals surface area contributed by atoms with E-state index in [1.54, 1.807) is 0 Å². The van der Waals surface area contributed by atoms with E-state index in [1.165, 1.54) is 0 Å². The molecule has 0 aliphatic rings. The van der Waals surface area contributed by atoms with E-state index in [2.05, 4.69) is 16.9 Å². The Morgan fingerprint density at radius 1 is 1.00 bits per heavy atom. The van der Waals surface area contributed by atoms with Gasteiger partial charge in [0.15, 0.2) is 0 Å². The fraction of sp³-hybridized carbons (Fsp3) is 0.136. The maximum Gasteiger partial charge on any atom is 0.352 e. The van der Waals surface area contributed by atoms with Crippen LogP contribution in [0.3, 0.4) is 0 Å². The number of carboxylic acids is 1. The van der Waals surface area contributed by atoms with Crippen molar-refractivity contribution in [3.63, 3.8) is 0 Å². The van der Waals surface area contributed by atoms with Crippen molar-refractivity contribution in [2.75, 3.05) is 0 Å². The van der Waals surface area contributed by atoms with Gasteiger partial charge < -0.3 is 15.1 Å². The molecule has 0 spiro atoms. The molecule has 0 amide bonds. The van der Waals surface area contributed by atoms with Gasteiger partial charge in [0.25, 0.3) is 0 Å². The fourth-order valence-electron chi connectivity index (χ4n) is 3.68. The smallest absolute Gasteiger partial charge is 0.352 e. The van der Waals surface area contributed by atoms with E-state index in [0.717, 1.165) is 45.3 Å². The lowest BCUT2D eigenvalue weighted by Gasteiger charge is -2.07. The third-order valence-corrected chi connectivity index (χ3v) is 4.87. The molecule has 2 heterocycles. The van der Waals surface area contributed by atoms with Crippen LogP contribution in [-0.2, 0) is 12.8 Å². The first-order valence-electron chi connectivity index (χ1n) is 8.76. The zero-order chi connectivity index (χ0) is 18.1. The molecular weight excluding hydrogens is 324 g/mol. The lowest BCUT2D eigenvalue weighted by Crippen LogP contribution is -2.03. The molecule has 0 fully saturated rings. The van der Waals surface area contributed by atoms with Gasteiger partial charge in [-0.2, -0.15) is 0 Å². The average Bonchev–Trinajstić information content (AvgIpc) is 3.26. The van der Waals surface area contributed by atoms with Crippen LogP contribution in [0.2, 0.25) is 0 Å². The number of carbonyl (C=O) groups is 1. The molecule has 0 saturated carbocycles. The van der Waals surface area contributed by atoms with Crippen molar-refractivity contribution in [1.82, 2.24) is 9.97 Å². The summed E-state index contributed by atoms with van der Waals surface area (Å²) >= 11 is 0. The number of aromatic amines is 2. The van der Waals surface area contributed by atoms with Gasteiger partial charge in [-0.15, -0.1) is 0 Å². The van der Waals surface area contributed by atoms with E-state index >= 15 is 0 Å². The van der Waals surface area contributed by atoms with Gasteiger partial charge in [0.05, 0.1) is 5.69 Å². The highest BCUT2D eigenvalue weighted by molar-refractivity contribution is 5.97. The van der Waals surface area contributed by atoms with Crippen LogP contribution >= 0.6 is 0 Å². The Labute approximate surface area is 151 Å². The van der Waals surface area contributed by atoms with E-state index in [0.29, 0.717) is 6.42 Å². The van der Waals surface area contributed by atoms with Crippen LogP contribution < -0.4 is 0 Å². The topological polar surface area (TPSA) is 68.9 Å². The van der Waals surface area contributed by atoms with Gasteiger partial charge in [-0.3, -0.25) is 0 Å². The quantitative estimate of drug-likeness (QED) is 0.476. The molecular formula is C22H20N2O2. The predicted octanol–water partition coefficient (Wildman–Crippen LogP) is 5.01. The number of hydrogen-bond donors (Lipinski definition) is 3. The van der Waals surface area contributed by atoms with Gasteiger partial charge in [-0.25, -0.2) is 4.79 Å². The van der Waals surface area contributed by atoms with Gasteiger partial charge in [0, 0.05) is 29.1 Å². The van der Waals surface area contributed by atoms with E-state index in [-0.39, 0.29) is 5.69 Å². The van der Waals surface area contributed by atoms with Crippen LogP contribution in [-0.4, -0.2) is 21.0 Å². The molecule has 0 radical (unpaired) electrons. The van der Waals surface area contributed by atoms with Crippen molar-refractivity contribution in [1.29, 1.82) is 0 Å². The molecule has 4 rings (SSSR count). The highest BCUT2D eigenvalue weighted by Gasteiger charge is 2.22. The number of fused-ring (bicyclic) bond motifs is 1. The minimum absolute atomic E-state index is 0.285. The Bertz CT molecular complexity index is 1070. The molecule has 2 aromatic heterocycles. The molecule has 4 aromatic rings. The van der Waals surface area contributed by atoms with Crippen molar-refractivity contribution in [3.05, 3.63) is 83.2 Å². The molecule has 4 heteroatoms. The Kier molecular flexibility index (Phi) is 4.09. The summed E-state index contributed by atoms with van der Waals surface area (Å²) in [5.74, 6) is -0.918. The number of benzene rings is 2. The summed E-state index contributed by atoms with van der Waals surface area (Å²) in [4.78, 5) is 18.3. The van der Waals surface area contributed by atoms with E-state index in [4.69, 9.17) is 0 Å². The first-order valence-corrected chi connectivity index (χ1v) is 8.76. The molecule has 0 saturated heterocycles. The summed E-state index contributed by atoms with van der Waals surface area (Å²) in [5, 5.41) is 10.8. The van der Waals surface area contributed by atoms with Crippen molar-refractivity contribution >= 4 is 16.9 Å². The summed E-state index contributed by atoms with van der Waals surface area (Å²) in [6.45, 7) is 2.07. The van der Waals surface area contributed by atoms with Crippen molar-refractivity contribution in [3.8, 4) is 11.3 Å². The van der Waals surface area contributed by atoms with Crippen LogP contribution in [0, 0.1) is 0 Å². The first kappa shape index (κ1) is 16.2. The average molecular weight is 344 g/mol. The lowest BCUT2D eigenvalue weighted by molar-refractivity contribution is 0.0690. The zero-order valence-corrected chi connectivity index (χ0v) is 14.5. The Morgan fingerprint density at radius 3 is 2.54 bits per heavy atom. The van der Waals surface area contributed by atoms with Crippen LogP contribution in [0.4, 0.5) is 0 Å². The van der Waals surface area contributed by atoms with Crippen LogP contribution in [0.25, 0.3) is 22.2 Å². The van der Waals surface area contributed by atoms with Gasteiger partial charge in [-0.05, 0) is 35.2 Å². The summed E-state index contributed by atoms with van der Waals surface area (Å²) in [7, 11) is 0. The molecule has 4 nitrogen and oxygen atoms in total. The van der Waals surface area contributed by atoms with Crippen LogP contribution in [0.5, 0.6) is 0 Å². The van der Waals surface area contributed by atoms with E-state index < -0.39 is 5.97 Å². The van der Waals surface area contributed by atoms with Crippen molar-refractivity contribution < 1.29 is 9.90 Å². The normalized spacial score (nSPS) is 11.1. The van der Waals surface area contributed by atoms with Gasteiger partial charge in [0.2, 0.25) is 0 Å². The third kappa shape index (κ3) is 2.69. The molecule has 0 atom stereocenters. The Hall–Kier alpha value is -3.27. The highest BCUT2D eigenvalue weighted by atomic mass is 16.4. The van der Waals surface area contributed by atoms with Crippen LogP contribution in [0.15, 0.2) is 60.8 Å². The fourth-order valence-corrected chi connectivity index (χ4v) is 3.68. The summed E-state index contributed by atoms with van der Waals surface area (Å²) in [6, 6.07) is 18.1. The largest absolute Gasteiger partial charge is 0.477 e. The Morgan fingerprint density at radius 2 is 1.81 bits per heavy atom. The van der Waals surface area contributed by atoms with E-state index in [1.807, 2.05) is 60.8 Å². The third-order valence-electron chi connectivity index (χ3n) is 4.87. The molecule has 3 N–H and O–H groups in total. The number of nitrogens with one attached hydrogen (secondary N) is 2. The maximum absolute atomic E-state index is 11.9. The van der Waals surface area contributed by atoms with Gasteiger partial charge in [-0.1, -0.05) is 49.4 Å². The molecule has 130 valence electrons. The number of carboxylic acid groups (broad SMARTS) is 1. The maximum atomic E-state index is 11.9. The number of H-pyrrole nitrogens is 2. The molecule has 0 bridgehead atoms. The molecule has 0 unspecified atom stereocenters. The predicted molar refractivity (Wildman–Crippen MR) is 104 cm³/mol. The second kappa shape index (κ2) is 6.56. The number of rotatable bonds is 5. The zero-order valence-electron chi connectivity index (χ0n) is 14.5. The minimum Gasteiger partial charge on any atom is -0.477 e. The summed E-state index contributed by atoms with van der Waals surface area (Å²) < 4.78 is 0. The molecule has 0 aliphatic heterocycles. The van der Waals surface area contributed by atoms with Crippen molar-refractivity contribution in [2.24, 2.45) is 0 Å². The second-order valence-electron chi connectivity index (χ2n) is 6.40. The number of aromatic carboxylic acids is 1. The standard InChI is InChI=1S/C22H20N2O2/c1-2-15-18(13-14-7-4-3-5-8-14)21(22(25)26)24-20(15)17-9-6-10-19-16(17)11-12-23-19/h3-12,23-24H,2,13H2,1H3,(H,25,26). The molecule has 26 heavy (non-hydrogen) atoms. The lowest BCUT2D eigenvalue weighted by atomic mass is 9.95. The van der Waals surface area contributed by atoms with Crippen molar-refractivity contribution in [2.45, 2.75) is 19.8 Å². The monoisotopic (exact) mass is 344 g/mol. The van der Waals surface area contributed by atoms with Crippen LogP contribution in [0.1, 0.15) is 34.1 Å². The summed E-state index contributed by atoms with van der Waals surface area (Å²) in [5.41, 5.74) is 6.31. The van der Waals surface area contributed by atoms with Gasteiger partial charge in [0.1, 0.15) is 5.69 Å². The first-order chi connectivity index (χ1) is 12.7. The summed E-state index contributed by atoms with van der Waals surface area (Å²) in [6.07, 6.45) is 3.28. The number of hydrogen-bond acceptors (Lipinski definition) is 1. The Balaban J connectivity index is 1.92. The molecule has 2 aromatic carbocycles. The number of aromatic nitrogens is 2. The highest BCUT2D eigenvalue weighted by Crippen LogP contribution is 2.34.